The summed E-state index contributed by atoms with van der Waals surface area (Å²) in [6.07, 6.45) is -2.46. The Morgan fingerprint density at radius 3 is 2.42 bits per heavy atom. The molecule has 2 heterocycles. The maximum Gasteiger partial charge on any atom is 0.573 e. The standard InChI is InChI=1S/C25H24F3N3O2/c1-6-7-20(15(2)3)23-17(5)22(18-8-10-19(11-9-18)33-25(26,27)28)29-21(30-23)14-31-13-12-16(4)24(31)32/h7-11H,1,4,12-14H2,2-3,5H3. The molecule has 1 aromatic heterocycles. The SMILES string of the molecule is C=C=CC(=C(C)C)c1nc(CN2CCC(=C)C2=O)nc(-c2ccc(OC(F)(F)F)cc2)c1C. The minimum atomic E-state index is -4.77. The second-order valence-corrected chi connectivity index (χ2v) is 7.88. The molecule has 0 spiro atoms. The highest BCUT2D eigenvalue weighted by Gasteiger charge is 2.31. The molecule has 2 aromatic rings. The first kappa shape index (κ1) is 24.0. The van der Waals surface area contributed by atoms with E-state index in [1.165, 1.54) is 24.3 Å². The number of ether oxygens (including phenoxy) is 1. The van der Waals surface area contributed by atoms with Gasteiger partial charge in [-0.15, -0.1) is 18.9 Å². The average Bonchev–Trinajstić information content (AvgIpc) is 3.05. The summed E-state index contributed by atoms with van der Waals surface area (Å²) in [5.41, 5.74) is 7.64. The zero-order chi connectivity index (χ0) is 24.3. The number of allylic oxidation sites excluding steroid dienone is 3. The van der Waals surface area contributed by atoms with Crippen LogP contribution in [0.1, 0.15) is 37.4 Å². The van der Waals surface area contributed by atoms with E-state index < -0.39 is 6.36 Å². The van der Waals surface area contributed by atoms with Crippen LogP contribution in [0.5, 0.6) is 5.75 Å². The van der Waals surface area contributed by atoms with Crippen LogP contribution in [-0.2, 0) is 11.3 Å². The van der Waals surface area contributed by atoms with Crippen molar-refractivity contribution in [3.8, 4) is 17.0 Å². The van der Waals surface area contributed by atoms with Crippen LogP contribution in [-0.4, -0.2) is 33.7 Å². The topological polar surface area (TPSA) is 55.3 Å². The molecule has 1 aliphatic rings. The van der Waals surface area contributed by atoms with E-state index in [4.69, 9.17) is 4.98 Å². The van der Waals surface area contributed by atoms with Gasteiger partial charge < -0.3 is 9.64 Å². The first-order chi connectivity index (χ1) is 15.5. The number of aromatic nitrogens is 2. The molecule has 1 aliphatic heterocycles. The van der Waals surface area contributed by atoms with Crippen LogP contribution in [0.3, 0.4) is 0 Å². The summed E-state index contributed by atoms with van der Waals surface area (Å²) in [5, 5.41) is 0. The van der Waals surface area contributed by atoms with Gasteiger partial charge in [-0.1, -0.05) is 18.7 Å². The second-order valence-electron chi connectivity index (χ2n) is 7.88. The van der Waals surface area contributed by atoms with Crippen molar-refractivity contribution in [3.63, 3.8) is 0 Å². The van der Waals surface area contributed by atoms with Crippen LogP contribution in [0, 0.1) is 6.92 Å². The van der Waals surface area contributed by atoms with Gasteiger partial charge in [-0.2, -0.15) is 0 Å². The molecule has 8 heteroatoms. The Kier molecular flexibility index (Phi) is 6.89. The number of likely N-dealkylation sites (tertiary alicyclic amines) is 1. The number of benzene rings is 1. The highest BCUT2D eigenvalue weighted by Crippen LogP contribution is 2.31. The van der Waals surface area contributed by atoms with E-state index in [0.717, 1.165) is 16.7 Å². The molecule has 172 valence electrons. The predicted molar refractivity (Wildman–Crippen MR) is 120 cm³/mol. The van der Waals surface area contributed by atoms with E-state index in [2.05, 4.69) is 28.6 Å². The third-order valence-electron chi connectivity index (χ3n) is 5.20. The lowest BCUT2D eigenvalue weighted by Gasteiger charge is -2.18. The fraction of sp³-hybridized carbons (Fsp3) is 0.280. The summed E-state index contributed by atoms with van der Waals surface area (Å²) < 4.78 is 41.5. The second kappa shape index (κ2) is 9.46. The highest BCUT2D eigenvalue weighted by molar-refractivity contribution is 5.94. The molecule has 33 heavy (non-hydrogen) atoms. The minimum absolute atomic E-state index is 0.135. The molecule has 1 fully saturated rings. The molecule has 1 saturated heterocycles. The van der Waals surface area contributed by atoms with Crippen molar-refractivity contribution in [2.24, 2.45) is 0 Å². The fourth-order valence-electron chi connectivity index (χ4n) is 3.57. The number of nitrogens with zero attached hydrogens (tertiary/aromatic N) is 3. The number of hydrogen-bond donors (Lipinski definition) is 0. The lowest BCUT2D eigenvalue weighted by Crippen LogP contribution is -2.26. The smallest absolute Gasteiger partial charge is 0.406 e. The largest absolute Gasteiger partial charge is 0.573 e. The number of carbonyl (C=O) groups excluding carboxylic acids is 1. The highest BCUT2D eigenvalue weighted by atomic mass is 19.4. The maximum atomic E-state index is 12.5. The van der Waals surface area contributed by atoms with Crippen LogP contribution in [0.15, 0.2) is 60.4 Å². The minimum Gasteiger partial charge on any atom is -0.406 e. The molecule has 3 rings (SSSR count). The van der Waals surface area contributed by atoms with Gasteiger partial charge in [-0.05, 0) is 57.5 Å². The molecule has 0 bridgehead atoms. The van der Waals surface area contributed by atoms with Gasteiger partial charge in [0.15, 0.2) is 0 Å². The molecule has 0 atom stereocenters. The Morgan fingerprint density at radius 2 is 1.91 bits per heavy atom. The van der Waals surface area contributed by atoms with E-state index in [0.29, 0.717) is 41.3 Å². The van der Waals surface area contributed by atoms with Gasteiger partial charge in [0, 0.05) is 28.8 Å². The Hall–Kier alpha value is -3.64. The number of alkyl halides is 3. The summed E-state index contributed by atoms with van der Waals surface area (Å²) in [6.45, 7) is 13.9. The fourth-order valence-corrected chi connectivity index (χ4v) is 3.57. The molecule has 0 aliphatic carbocycles. The number of rotatable bonds is 6. The molecule has 0 N–H and O–H groups in total. The van der Waals surface area contributed by atoms with Gasteiger partial charge in [-0.25, -0.2) is 9.97 Å². The predicted octanol–water partition coefficient (Wildman–Crippen LogP) is 5.77. The Bertz CT molecular complexity index is 1170. The van der Waals surface area contributed by atoms with Gasteiger partial charge in [0.1, 0.15) is 11.6 Å². The van der Waals surface area contributed by atoms with E-state index in [1.807, 2.05) is 20.8 Å². The molecule has 5 nitrogen and oxygen atoms in total. The van der Waals surface area contributed by atoms with E-state index in [9.17, 15) is 18.0 Å². The van der Waals surface area contributed by atoms with Gasteiger partial charge in [0.2, 0.25) is 5.91 Å². The molecule has 0 unspecified atom stereocenters. The molecule has 0 saturated carbocycles. The number of carbonyl (C=O) groups is 1. The normalized spacial score (nSPS) is 13.7. The van der Waals surface area contributed by atoms with E-state index in [1.54, 1.807) is 11.0 Å². The lowest BCUT2D eigenvalue weighted by atomic mass is 9.98. The number of halogens is 3. The van der Waals surface area contributed by atoms with E-state index in [-0.39, 0.29) is 18.2 Å². The average molecular weight is 455 g/mol. The molecular formula is C25H24F3N3O2. The Balaban J connectivity index is 2.11. The third kappa shape index (κ3) is 5.59. The lowest BCUT2D eigenvalue weighted by molar-refractivity contribution is -0.274. The Labute approximate surface area is 190 Å². The van der Waals surface area contributed by atoms with Crippen LogP contribution < -0.4 is 4.74 Å². The van der Waals surface area contributed by atoms with Crippen molar-refractivity contribution in [1.29, 1.82) is 0 Å². The third-order valence-corrected chi connectivity index (χ3v) is 5.20. The van der Waals surface area contributed by atoms with Crippen LogP contribution in [0.2, 0.25) is 0 Å². The van der Waals surface area contributed by atoms with Crippen LogP contribution in [0.25, 0.3) is 16.8 Å². The monoisotopic (exact) mass is 455 g/mol. The summed E-state index contributed by atoms with van der Waals surface area (Å²) >= 11 is 0. The van der Waals surface area contributed by atoms with Crippen molar-refractivity contribution >= 4 is 11.5 Å². The molecule has 1 aromatic carbocycles. The Morgan fingerprint density at radius 1 is 1.24 bits per heavy atom. The first-order valence-corrected chi connectivity index (χ1v) is 10.2. The summed E-state index contributed by atoms with van der Waals surface area (Å²) in [5.74, 6) is -0.0380. The van der Waals surface area contributed by atoms with Gasteiger partial charge in [0.05, 0.1) is 17.9 Å². The quantitative estimate of drug-likeness (QED) is 0.315. The molecule has 1 amide bonds. The summed E-state index contributed by atoms with van der Waals surface area (Å²) in [4.78, 5) is 23.4. The van der Waals surface area contributed by atoms with Crippen LogP contribution >= 0.6 is 0 Å². The maximum absolute atomic E-state index is 12.5. The van der Waals surface area contributed by atoms with Gasteiger partial charge in [-0.3, -0.25) is 4.79 Å². The zero-order valence-corrected chi connectivity index (χ0v) is 18.7. The number of hydrogen-bond acceptors (Lipinski definition) is 4. The first-order valence-electron chi connectivity index (χ1n) is 10.2. The molecular weight excluding hydrogens is 431 g/mol. The van der Waals surface area contributed by atoms with Gasteiger partial charge in [0.25, 0.3) is 0 Å². The zero-order valence-electron chi connectivity index (χ0n) is 18.7. The van der Waals surface area contributed by atoms with Crippen molar-refractivity contribution < 1.29 is 22.7 Å². The summed E-state index contributed by atoms with van der Waals surface area (Å²) in [7, 11) is 0. The van der Waals surface area contributed by atoms with Gasteiger partial charge >= 0.3 is 6.36 Å². The number of amides is 1. The van der Waals surface area contributed by atoms with Crippen molar-refractivity contribution in [3.05, 3.63) is 77.5 Å². The molecule has 0 radical (unpaired) electrons. The van der Waals surface area contributed by atoms with Crippen LogP contribution in [0.4, 0.5) is 13.2 Å². The van der Waals surface area contributed by atoms with E-state index >= 15 is 0 Å². The van der Waals surface area contributed by atoms with Crippen molar-refractivity contribution in [2.75, 3.05) is 6.54 Å². The summed E-state index contributed by atoms with van der Waals surface area (Å²) in [6, 6.07) is 5.50. The van der Waals surface area contributed by atoms with Crippen molar-refractivity contribution in [1.82, 2.24) is 14.9 Å². The van der Waals surface area contributed by atoms with Crippen molar-refractivity contribution in [2.45, 2.75) is 40.1 Å².